The maximum Gasteiger partial charge on any atom is 0.297 e. The van der Waals surface area contributed by atoms with Gasteiger partial charge >= 0.3 is 0 Å². The number of hydrogen-bond acceptors (Lipinski definition) is 10. The number of rotatable bonds is 7. The van der Waals surface area contributed by atoms with Crippen molar-refractivity contribution in [1.29, 1.82) is 0 Å². The normalized spacial score (nSPS) is 12.2. The summed E-state index contributed by atoms with van der Waals surface area (Å²) in [5, 5.41) is 17.8. The second kappa shape index (κ2) is 13.3. The van der Waals surface area contributed by atoms with E-state index in [0.717, 1.165) is 11.1 Å². The summed E-state index contributed by atoms with van der Waals surface area (Å²) in [4.78, 5) is -0.763. The Hall–Kier alpha value is -4.54. The summed E-state index contributed by atoms with van der Waals surface area (Å²) < 4.78 is 68.6. The summed E-state index contributed by atoms with van der Waals surface area (Å²) in [6.45, 7) is 0. The molecule has 0 unspecified atom stereocenters. The van der Waals surface area contributed by atoms with Crippen molar-refractivity contribution in [2.24, 2.45) is 20.5 Å². The predicted octanol–water partition coefficient (Wildman–Crippen LogP) is 7.77. The van der Waals surface area contributed by atoms with E-state index in [1.165, 1.54) is 24.3 Å². The van der Waals surface area contributed by atoms with Crippen molar-refractivity contribution in [1.82, 2.24) is 0 Å². The Kier molecular flexibility index (Phi) is 9.56. The number of fused-ring (bicyclic) bond motifs is 2. The van der Waals surface area contributed by atoms with E-state index >= 15 is 0 Å². The van der Waals surface area contributed by atoms with Crippen LogP contribution in [0.15, 0.2) is 139 Å². The van der Waals surface area contributed by atoms with Gasteiger partial charge in [0.05, 0.1) is 11.4 Å². The molecule has 47 heavy (non-hydrogen) atoms. The monoisotopic (exact) mass is 675 g/mol. The third-order valence-electron chi connectivity index (χ3n) is 7.15. The number of anilines is 2. The molecular formula is C32H24N6NaO6S2. The van der Waals surface area contributed by atoms with E-state index in [-0.39, 0.29) is 72.9 Å². The number of nitrogens with zero attached hydrogens (tertiary/aromatic N) is 4. The van der Waals surface area contributed by atoms with Crippen molar-refractivity contribution < 1.29 is 25.9 Å². The predicted molar refractivity (Wildman–Crippen MR) is 182 cm³/mol. The molecule has 6 N–H and O–H groups in total. The van der Waals surface area contributed by atoms with Crippen molar-refractivity contribution in [3.05, 3.63) is 109 Å². The minimum absolute atomic E-state index is 0. The van der Waals surface area contributed by atoms with Gasteiger partial charge in [-0.3, -0.25) is 9.11 Å². The Morgan fingerprint density at radius 2 is 0.787 bits per heavy atom. The fraction of sp³-hybridized carbons (Fsp3) is 0. The molecule has 1 radical (unpaired) electrons. The van der Waals surface area contributed by atoms with Crippen LogP contribution in [0.2, 0.25) is 0 Å². The summed E-state index contributed by atoms with van der Waals surface area (Å²) in [5.41, 5.74) is 15.1. The molecule has 0 aromatic heterocycles. The zero-order chi connectivity index (χ0) is 32.6. The van der Waals surface area contributed by atoms with E-state index in [1.54, 1.807) is 84.9 Å². The quantitative estimate of drug-likeness (QED) is 0.0567. The number of benzene rings is 6. The fourth-order valence-corrected chi connectivity index (χ4v) is 6.72. The van der Waals surface area contributed by atoms with Crippen LogP contribution in [0.25, 0.3) is 32.7 Å². The van der Waals surface area contributed by atoms with E-state index in [1.807, 2.05) is 0 Å². The van der Waals surface area contributed by atoms with Crippen LogP contribution in [0.3, 0.4) is 0 Å². The average molecular weight is 676 g/mol. The maximum atomic E-state index is 12.2. The molecule has 0 saturated carbocycles. The first-order valence-electron chi connectivity index (χ1n) is 13.5. The van der Waals surface area contributed by atoms with E-state index in [4.69, 9.17) is 11.5 Å². The van der Waals surface area contributed by atoms with Crippen LogP contribution in [-0.2, 0) is 20.2 Å². The van der Waals surface area contributed by atoms with Crippen molar-refractivity contribution in [2.45, 2.75) is 9.79 Å². The minimum atomic E-state index is -4.63. The van der Waals surface area contributed by atoms with Crippen LogP contribution >= 0.6 is 0 Å². The maximum absolute atomic E-state index is 12.2. The fourth-order valence-electron chi connectivity index (χ4n) is 5.08. The summed E-state index contributed by atoms with van der Waals surface area (Å²) in [6, 6.07) is 29.6. The van der Waals surface area contributed by atoms with Gasteiger partial charge in [-0.25, -0.2) is 0 Å². The molecule has 6 aromatic rings. The van der Waals surface area contributed by atoms with E-state index in [2.05, 4.69) is 20.5 Å². The molecule has 6 rings (SSSR count). The van der Waals surface area contributed by atoms with Crippen molar-refractivity contribution >= 4 is 105 Å². The summed E-state index contributed by atoms with van der Waals surface area (Å²) in [6.07, 6.45) is 0. The van der Waals surface area contributed by atoms with Gasteiger partial charge in [0.15, 0.2) is 0 Å². The number of nitrogens with two attached hydrogens (primary N) is 2. The first-order chi connectivity index (χ1) is 21.9. The van der Waals surface area contributed by atoms with E-state index < -0.39 is 20.2 Å². The SMILES string of the molecule is Nc1cc(/N=N/c2ccc(-c3ccc(/N=N/c4cc(N)c5ccccc5c4S(=O)(=O)O)cc3)cc2)c(S(=O)(=O)O)c2ccccc12.[Na]. The van der Waals surface area contributed by atoms with Crippen LogP contribution < -0.4 is 11.5 Å². The van der Waals surface area contributed by atoms with Crippen molar-refractivity contribution in [3.63, 3.8) is 0 Å². The van der Waals surface area contributed by atoms with E-state index in [9.17, 15) is 25.9 Å². The molecule has 0 fully saturated rings. The molecular weight excluding hydrogens is 652 g/mol. The molecule has 0 aliphatic heterocycles. The van der Waals surface area contributed by atoms with Crippen molar-refractivity contribution in [3.8, 4) is 11.1 Å². The van der Waals surface area contributed by atoms with E-state index in [0.29, 0.717) is 22.1 Å². The van der Waals surface area contributed by atoms with Gasteiger partial charge in [0.25, 0.3) is 20.2 Å². The molecule has 12 nitrogen and oxygen atoms in total. The van der Waals surface area contributed by atoms with Gasteiger partial charge in [-0.1, -0.05) is 72.8 Å². The molecule has 0 atom stereocenters. The third kappa shape index (κ3) is 7.08. The zero-order valence-electron chi connectivity index (χ0n) is 24.7. The van der Waals surface area contributed by atoms with Crippen molar-refractivity contribution in [2.75, 3.05) is 11.5 Å². The Morgan fingerprint density at radius 1 is 0.468 bits per heavy atom. The summed E-state index contributed by atoms with van der Waals surface area (Å²) in [7, 11) is -9.27. The van der Waals surface area contributed by atoms with Gasteiger partial charge in [-0.15, -0.1) is 10.2 Å². The van der Waals surface area contributed by atoms with Gasteiger partial charge in [0.1, 0.15) is 21.2 Å². The zero-order valence-corrected chi connectivity index (χ0v) is 28.3. The molecule has 0 amide bonds. The topological polar surface area (TPSA) is 210 Å². The molecule has 6 aromatic carbocycles. The number of hydrogen-bond donors (Lipinski definition) is 4. The molecule has 0 bridgehead atoms. The number of azo groups is 2. The first-order valence-corrected chi connectivity index (χ1v) is 16.4. The second-order valence-corrected chi connectivity index (χ2v) is 12.9. The second-order valence-electron chi connectivity index (χ2n) is 10.2. The molecule has 231 valence electrons. The van der Waals surface area contributed by atoms with Crippen LogP contribution in [0.1, 0.15) is 0 Å². The van der Waals surface area contributed by atoms with Crippen LogP contribution in [0.4, 0.5) is 34.1 Å². The molecule has 0 saturated heterocycles. The number of nitrogen functional groups attached to an aromatic ring is 2. The van der Waals surface area contributed by atoms with Crippen LogP contribution in [-0.4, -0.2) is 55.5 Å². The Labute approximate surface area is 291 Å². The van der Waals surface area contributed by atoms with Crippen LogP contribution in [0, 0.1) is 0 Å². The first kappa shape index (κ1) is 33.8. The van der Waals surface area contributed by atoms with Gasteiger partial charge in [0, 0.05) is 62.5 Å². The van der Waals surface area contributed by atoms with Gasteiger partial charge in [0.2, 0.25) is 0 Å². The molecule has 0 heterocycles. The summed E-state index contributed by atoms with van der Waals surface area (Å²) in [5.74, 6) is 0. The minimum Gasteiger partial charge on any atom is -0.398 e. The molecule has 0 spiro atoms. The third-order valence-corrected chi connectivity index (χ3v) is 9.04. The largest absolute Gasteiger partial charge is 0.398 e. The Morgan fingerprint density at radius 3 is 1.11 bits per heavy atom. The van der Waals surface area contributed by atoms with Gasteiger partial charge < -0.3 is 11.5 Å². The molecule has 0 aliphatic carbocycles. The van der Waals surface area contributed by atoms with Gasteiger partial charge in [-0.05, 0) is 47.5 Å². The molecule has 0 aliphatic rings. The Bertz CT molecular complexity index is 2260. The standard InChI is InChI=1S/C32H24N6O6S2.Na/c33-27-17-29(31(45(39,40)41)25-7-3-1-5-23(25)27)37-35-21-13-9-19(10-14-21)20-11-15-22(16-12-20)36-38-30-18-28(34)24-6-2-4-8-26(24)32(30)46(42,43)44;/h1-18H,33-34H2,(H,39,40,41)(H,42,43,44);/b37-35+,38-36+;. The smallest absolute Gasteiger partial charge is 0.297 e. The Balaban J connectivity index is 0.00000433. The average Bonchev–Trinajstić information content (AvgIpc) is 3.02. The van der Waals surface area contributed by atoms with Gasteiger partial charge in [-0.2, -0.15) is 27.1 Å². The van der Waals surface area contributed by atoms with Crippen LogP contribution in [0.5, 0.6) is 0 Å². The molecule has 15 heteroatoms. The summed E-state index contributed by atoms with van der Waals surface area (Å²) >= 11 is 0.